The Morgan fingerprint density at radius 1 is 1.12 bits per heavy atom. The number of nitrogens with one attached hydrogen (secondary N) is 2. The Labute approximate surface area is 99.2 Å². The molecule has 0 saturated carbocycles. The molecule has 0 atom stereocenters. The lowest BCUT2D eigenvalue weighted by molar-refractivity contribution is -0.137. The van der Waals surface area contributed by atoms with Crippen LogP contribution < -0.4 is 10.6 Å². The van der Waals surface area contributed by atoms with Gasteiger partial charge in [0.1, 0.15) is 0 Å². The van der Waals surface area contributed by atoms with Crippen molar-refractivity contribution in [2.45, 2.75) is 19.5 Å². The van der Waals surface area contributed by atoms with E-state index in [0.29, 0.717) is 12.2 Å². The molecule has 0 fully saturated rings. The zero-order chi connectivity index (χ0) is 12.7. The number of hydrogen-bond donors (Lipinski definition) is 2. The summed E-state index contributed by atoms with van der Waals surface area (Å²) in [7, 11) is 0. The van der Waals surface area contributed by atoms with Crippen molar-refractivity contribution in [1.82, 2.24) is 5.32 Å². The molecule has 0 amide bonds. The second-order valence-corrected chi connectivity index (χ2v) is 3.76. The first kappa shape index (κ1) is 13.8. The summed E-state index contributed by atoms with van der Waals surface area (Å²) in [6, 6.07) is 5.24. The van der Waals surface area contributed by atoms with E-state index in [4.69, 9.17) is 0 Å². The summed E-state index contributed by atoms with van der Waals surface area (Å²) in [5.74, 6) is 0. The summed E-state index contributed by atoms with van der Waals surface area (Å²) < 4.78 is 37.2. The number of halogens is 3. The van der Waals surface area contributed by atoms with Gasteiger partial charge in [-0.2, -0.15) is 13.2 Å². The van der Waals surface area contributed by atoms with E-state index in [0.717, 1.165) is 31.6 Å². The van der Waals surface area contributed by atoms with Gasteiger partial charge < -0.3 is 10.6 Å². The van der Waals surface area contributed by atoms with E-state index in [2.05, 4.69) is 17.6 Å². The Morgan fingerprint density at radius 3 is 2.53 bits per heavy atom. The van der Waals surface area contributed by atoms with E-state index in [9.17, 15) is 13.2 Å². The van der Waals surface area contributed by atoms with E-state index in [1.165, 1.54) is 6.07 Å². The highest BCUT2D eigenvalue weighted by Gasteiger charge is 2.30. The highest BCUT2D eigenvalue weighted by molar-refractivity contribution is 5.46. The summed E-state index contributed by atoms with van der Waals surface area (Å²) in [5, 5.41) is 6.12. The van der Waals surface area contributed by atoms with Gasteiger partial charge in [0, 0.05) is 18.8 Å². The van der Waals surface area contributed by atoms with Gasteiger partial charge in [0.2, 0.25) is 0 Å². The lowest BCUT2D eigenvalue weighted by atomic mass is 10.2. The Balaban J connectivity index is 2.44. The molecule has 2 N–H and O–H groups in total. The molecule has 96 valence electrons. The van der Waals surface area contributed by atoms with Crippen LogP contribution in [0.4, 0.5) is 18.9 Å². The maximum atomic E-state index is 12.4. The van der Waals surface area contributed by atoms with E-state index in [1.807, 2.05) is 0 Å². The summed E-state index contributed by atoms with van der Waals surface area (Å²) in [4.78, 5) is 0. The van der Waals surface area contributed by atoms with Crippen molar-refractivity contribution in [2.75, 3.05) is 25.0 Å². The lowest BCUT2D eigenvalue weighted by Gasteiger charge is -2.10. The fourth-order valence-corrected chi connectivity index (χ4v) is 1.40. The van der Waals surface area contributed by atoms with Crippen LogP contribution in [-0.2, 0) is 6.18 Å². The fraction of sp³-hybridized carbons (Fsp3) is 0.500. The molecule has 0 saturated heterocycles. The van der Waals surface area contributed by atoms with Crippen LogP contribution in [0.25, 0.3) is 0 Å². The quantitative estimate of drug-likeness (QED) is 0.754. The molecule has 1 aromatic carbocycles. The Bertz CT molecular complexity index is 337. The fourth-order valence-electron chi connectivity index (χ4n) is 1.40. The molecule has 0 aliphatic rings. The van der Waals surface area contributed by atoms with Crippen molar-refractivity contribution in [3.8, 4) is 0 Å². The predicted molar refractivity (Wildman–Crippen MR) is 63.1 cm³/mol. The van der Waals surface area contributed by atoms with Gasteiger partial charge in [-0.1, -0.05) is 13.0 Å². The smallest absolute Gasteiger partial charge is 0.384 e. The van der Waals surface area contributed by atoms with Gasteiger partial charge in [-0.15, -0.1) is 0 Å². The summed E-state index contributed by atoms with van der Waals surface area (Å²) in [6.07, 6.45) is -3.23. The standard InChI is InChI=1S/C12H17F3N2/c1-2-6-16-7-8-17-11-5-3-4-10(9-11)12(13,14)15/h3-5,9,16-17H,2,6-8H2,1H3. The maximum Gasteiger partial charge on any atom is 0.416 e. The first-order valence-electron chi connectivity index (χ1n) is 5.66. The minimum absolute atomic E-state index is 0.498. The predicted octanol–water partition coefficient (Wildman–Crippen LogP) is 3.12. The number of hydrogen-bond acceptors (Lipinski definition) is 2. The van der Waals surface area contributed by atoms with Crippen molar-refractivity contribution in [1.29, 1.82) is 0 Å². The largest absolute Gasteiger partial charge is 0.416 e. The summed E-state index contributed by atoms with van der Waals surface area (Å²) in [6.45, 7) is 4.34. The van der Waals surface area contributed by atoms with E-state index >= 15 is 0 Å². The molecule has 2 nitrogen and oxygen atoms in total. The van der Waals surface area contributed by atoms with Crippen LogP contribution in [0.2, 0.25) is 0 Å². The van der Waals surface area contributed by atoms with Crippen LogP contribution in [0.15, 0.2) is 24.3 Å². The van der Waals surface area contributed by atoms with Gasteiger partial charge >= 0.3 is 6.18 Å². The van der Waals surface area contributed by atoms with Crippen LogP contribution in [0.3, 0.4) is 0 Å². The van der Waals surface area contributed by atoms with Crippen LogP contribution in [0.1, 0.15) is 18.9 Å². The third-order valence-corrected chi connectivity index (χ3v) is 2.25. The van der Waals surface area contributed by atoms with E-state index < -0.39 is 11.7 Å². The zero-order valence-corrected chi connectivity index (χ0v) is 9.77. The van der Waals surface area contributed by atoms with Gasteiger partial charge in [-0.05, 0) is 31.2 Å². The molecule has 17 heavy (non-hydrogen) atoms. The molecular weight excluding hydrogens is 229 g/mol. The molecule has 0 heterocycles. The van der Waals surface area contributed by atoms with Crippen molar-refractivity contribution >= 4 is 5.69 Å². The molecule has 5 heteroatoms. The number of benzene rings is 1. The first-order chi connectivity index (χ1) is 8.04. The van der Waals surface area contributed by atoms with Crippen LogP contribution >= 0.6 is 0 Å². The van der Waals surface area contributed by atoms with Crippen molar-refractivity contribution in [2.24, 2.45) is 0 Å². The Morgan fingerprint density at radius 2 is 1.88 bits per heavy atom. The normalized spacial score (nSPS) is 11.5. The molecule has 0 spiro atoms. The molecule has 0 unspecified atom stereocenters. The number of anilines is 1. The van der Waals surface area contributed by atoms with Crippen molar-refractivity contribution in [3.63, 3.8) is 0 Å². The monoisotopic (exact) mass is 246 g/mol. The molecular formula is C12H17F3N2. The zero-order valence-electron chi connectivity index (χ0n) is 9.77. The molecule has 1 rings (SSSR count). The maximum absolute atomic E-state index is 12.4. The average molecular weight is 246 g/mol. The third kappa shape index (κ3) is 5.08. The van der Waals surface area contributed by atoms with Gasteiger partial charge in [0.05, 0.1) is 5.56 Å². The number of alkyl halides is 3. The van der Waals surface area contributed by atoms with Gasteiger partial charge in [0.15, 0.2) is 0 Å². The van der Waals surface area contributed by atoms with E-state index in [-0.39, 0.29) is 0 Å². The second-order valence-electron chi connectivity index (χ2n) is 3.76. The van der Waals surface area contributed by atoms with Gasteiger partial charge in [-0.25, -0.2) is 0 Å². The highest BCUT2D eigenvalue weighted by Crippen LogP contribution is 2.30. The highest BCUT2D eigenvalue weighted by atomic mass is 19.4. The van der Waals surface area contributed by atoms with Gasteiger partial charge in [0.25, 0.3) is 0 Å². The molecule has 0 aliphatic carbocycles. The minimum Gasteiger partial charge on any atom is -0.384 e. The topological polar surface area (TPSA) is 24.1 Å². The van der Waals surface area contributed by atoms with Gasteiger partial charge in [-0.3, -0.25) is 0 Å². The van der Waals surface area contributed by atoms with Crippen LogP contribution in [-0.4, -0.2) is 19.6 Å². The summed E-state index contributed by atoms with van der Waals surface area (Å²) in [5.41, 5.74) is -0.123. The molecule has 0 aliphatic heterocycles. The van der Waals surface area contributed by atoms with Crippen molar-refractivity contribution < 1.29 is 13.2 Å². The van der Waals surface area contributed by atoms with Crippen molar-refractivity contribution in [3.05, 3.63) is 29.8 Å². The lowest BCUT2D eigenvalue weighted by Crippen LogP contribution is -2.22. The molecule has 0 bridgehead atoms. The molecule has 0 aromatic heterocycles. The van der Waals surface area contributed by atoms with E-state index in [1.54, 1.807) is 6.07 Å². The molecule has 1 aromatic rings. The second kappa shape index (κ2) is 6.49. The first-order valence-corrected chi connectivity index (χ1v) is 5.66. The molecule has 0 radical (unpaired) electrons. The minimum atomic E-state index is -4.28. The SMILES string of the molecule is CCCNCCNc1cccc(C(F)(F)F)c1. The average Bonchev–Trinajstić information content (AvgIpc) is 2.28. The Kier molecular flexibility index (Phi) is 5.28. The number of rotatable bonds is 6. The van der Waals surface area contributed by atoms with Crippen LogP contribution in [0, 0.1) is 0 Å². The van der Waals surface area contributed by atoms with Crippen LogP contribution in [0.5, 0.6) is 0 Å². The third-order valence-electron chi connectivity index (χ3n) is 2.25. The Hall–Kier alpha value is -1.23. The summed E-state index contributed by atoms with van der Waals surface area (Å²) >= 11 is 0.